The van der Waals surface area contributed by atoms with Gasteiger partial charge in [0.05, 0.1) is 24.5 Å². The topological polar surface area (TPSA) is 120 Å². The van der Waals surface area contributed by atoms with E-state index in [1.165, 1.54) is 0 Å². The number of pyridine rings is 1. The number of ether oxygens (including phenoxy) is 1. The van der Waals surface area contributed by atoms with E-state index in [2.05, 4.69) is 4.72 Å². The molecule has 0 radical (unpaired) electrons. The molecule has 0 fully saturated rings. The summed E-state index contributed by atoms with van der Waals surface area (Å²) in [6.45, 7) is 1.19. The molecule has 0 spiro atoms. The third-order valence-corrected chi connectivity index (χ3v) is 9.09. The molecule has 2 aromatic heterocycles. The van der Waals surface area contributed by atoms with E-state index in [1.807, 2.05) is 114 Å². The summed E-state index contributed by atoms with van der Waals surface area (Å²) in [7, 11) is -1.75. The molecule has 234 valence electrons. The van der Waals surface area contributed by atoms with Crippen molar-refractivity contribution in [1.29, 1.82) is 0 Å². The highest BCUT2D eigenvalue weighted by Gasteiger charge is 2.21. The SMILES string of the molecule is CN(CCOC(=O)c1cc2ccc(CN)nc2n1Cc1cc(NS(=O)(=O)Cc2ccccc2)cc2ccccc12)c1ccccc1. The molecule has 0 aliphatic heterocycles. The third kappa shape index (κ3) is 7.03. The number of fused-ring (bicyclic) bond motifs is 2. The molecular weight excluding hydrogens is 598 g/mol. The van der Waals surface area contributed by atoms with Crippen LogP contribution in [0.5, 0.6) is 0 Å². The van der Waals surface area contributed by atoms with Crippen molar-refractivity contribution in [3.05, 3.63) is 138 Å². The number of likely N-dealkylation sites (N-methyl/N-ethyl adjacent to an activating group) is 1. The second-order valence-corrected chi connectivity index (χ2v) is 12.9. The summed E-state index contributed by atoms with van der Waals surface area (Å²) in [6, 6.07) is 35.8. The number of rotatable bonds is 12. The van der Waals surface area contributed by atoms with Crippen molar-refractivity contribution in [2.75, 3.05) is 29.8 Å². The highest BCUT2D eigenvalue weighted by Crippen LogP contribution is 2.29. The van der Waals surface area contributed by atoms with E-state index in [0.29, 0.717) is 34.8 Å². The van der Waals surface area contributed by atoms with E-state index >= 15 is 0 Å². The average molecular weight is 634 g/mol. The van der Waals surface area contributed by atoms with Crippen LogP contribution in [0.4, 0.5) is 11.4 Å². The van der Waals surface area contributed by atoms with Gasteiger partial charge in [-0.15, -0.1) is 0 Å². The van der Waals surface area contributed by atoms with Gasteiger partial charge in [-0.25, -0.2) is 18.2 Å². The normalized spacial score (nSPS) is 11.5. The molecule has 9 nitrogen and oxygen atoms in total. The number of esters is 1. The Morgan fingerprint density at radius 3 is 2.37 bits per heavy atom. The smallest absolute Gasteiger partial charge is 0.355 e. The van der Waals surface area contributed by atoms with Gasteiger partial charge in [0.15, 0.2) is 0 Å². The summed E-state index contributed by atoms with van der Waals surface area (Å²) in [6.07, 6.45) is 0. The molecule has 0 aliphatic rings. The van der Waals surface area contributed by atoms with Gasteiger partial charge in [0.2, 0.25) is 10.0 Å². The lowest BCUT2D eigenvalue weighted by Gasteiger charge is -2.19. The molecule has 0 bridgehead atoms. The van der Waals surface area contributed by atoms with Gasteiger partial charge in [0, 0.05) is 30.4 Å². The van der Waals surface area contributed by atoms with Gasteiger partial charge in [0.25, 0.3) is 0 Å². The number of nitrogens with one attached hydrogen (secondary N) is 1. The number of para-hydroxylation sites is 1. The number of benzene rings is 4. The van der Waals surface area contributed by atoms with Crippen molar-refractivity contribution in [2.45, 2.75) is 18.8 Å². The second-order valence-electron chi connectivity index (χ2n) is 11.1. The van der Waals surface area contributed by atoms with Crippen molar-refractivity contribution in [3.8, 4) is 0 Å². The van der Waals surface area contributed by atoms with Crippen LogP contribution in [0.25, 0.3) is 21.8 Å². The Kier molecular flexibility index (Phi) is 9.00. The number of nitrogens with two attached hydrogens (primary N) is 1. The number of carbonyl (C=O) groups is 1. The lowest BCUT2D eigenvalue weighted by Crippen LogP contribution is -2.24. The molecule has 10 heteroatoms. The number of hydrogen-bond donors (Lipinski definition) is 2. The highest BCUT2D eigenvalue weighted by molar-refractivity contribution is 7.91. The van der Waals surface area contributed by atoms with Crippen molar-refractivity contribution >= 4 is 49.2 Å². The lowest BCUT2D eigenvalue weighted by molar-refractivity contribution is 0.0504. The molecule has 6 rings (SSSR count). The monoisotopic (exact) mass is 633 g/mol. The molecule has 3 N–H and O–H groups in total. The Bertz CT molecular complexity index is 2100. The largest absolute Gasteiger partial charge is 0.459 e. The molecule has 2 heterocycles. The highest BCUT2D eigenvalue weighted by atomic mass is 32.2. The first-order valence-corrected chi connectivity index (χ1v) is 16.6. The minimum absolute atomic E-state index is 0.153. The first-order chi connectivity index (χ1) is 22.3. The predicted octanol–water partition coefficient (Wildman–Crippen LogP) is 5.93. The first-order valence-electron chi connectivity index (χ1n) is 15.0. The summed E-state index contributed by atoms with van der Waals surface area (Å²) in [5.74, 6) is -0.628. The third-order valence-electron chi connectivity index (χ3n) is 7.83. The van der Waals surface area contributed by atoms with Gasteiger partial charge in [-0.1, -0.05) is 72.8 Å². The van der Waals surface area contributed by atoms with Crippen molar-refractivity contribution in [3.63, 3.8) is 0 Å². The standard InChI is InChI=1S/C36H35N5O4S/c1-40(32-13-6-3-7-14-32)18-19-45-36(42)34-22-28-16-17-30(23-37)38-35(28)41(34)24-29-21-31(20-27-12-8-9-15-33(27)29)39-46(43,44)25-26-10-4-2-5-11-26/h2-17,20-22,39H,18-19,23-25,37H2,1H3. The Balaban J connectivity index is 1.32. The molecule has 0 saturated heterocycles. The fourth-order valence-corrected chi connectivity index (χ4v) is 6.71. The summed E-state index contributed by atoms with van der Waals surface area (Å²) in [5, 5.41) is 2.56. The van der Waals surface area contributed by atoms with E-state index < -0.39 is 16.0 Å². The Morgan fingerprint density at radius 2 is 1.61 bits per heavy atom. The molecule has 4 aromatic carbocycles. The number of nitrogens with zero attached hydrogens (tertiary/aromatic N) is 3. The molecule has 0 aliphatic carbocycles. The quantitative estimate of drug-likeness (QED) is 0.160. The van der Waals surface area contributed by atoms with Crippen LogP contribution >= 0.6 is 0 Å². The van der Waals surface area contributed by atoms with Crippen LogP contribution in [0.3, 0.4) is 0 Å². The number of carbonyl (C=O) groups excluding carboxylic acids is 1. The average Bonchev–Trinajstić information content (AvgIpc) is 3.42. The maximum absolute atomic E-state index is 13.6. The molecule has 46 heavy (non-hydrogen) atoms. The van der Waals surface area contributed by atoms with Gasteiger partial charge in [0.1, 0.15) is 17.9 Å². The van der Waals surface area contributed by atoms with Crippen LogP contribution in [0.15, 0.2) is 115 Å². The zero-order chi connectivity index (χ0) is 32.1. The van der Waals surface area contributed by atoms with Crippen LogP contribution in [0.2, 0.25) is 0 Å². The van der Waals surface area contributed by atoms with E-state index in [9.17, 15) is 13.2 Å². The predicted molar refractivity (Wildman–Crippen MR) is 183 cm³/mol. The van der Waals surface area contributed by atoms with Gasteiger partial charge in [-0.2, -0.15) is 0 Å². The molecule has 6 aromatic rings. The second kappa shape index (κ2) is 13.4. The first kappa shape index (κ1) is 30.8. The maximum Gasteiger partial charge on any atom is 0.355 e. The summed E-state index contributed by atoms with van der Waals surface area (Å²) in [5.41, 5.74) is 10.5. The number of sulfonamides is 1. The van der Waals surface area contributed by atoms with Gasteiger partial charge in [-0.3, -0.25) is 4.72 Å². The van der Waals surface area contributed by atoms with Crippen molar-refractivity contribution in [2.24, 2.45) is 5.73 Å². The summed E-state index contributed by atoms with van der Waals surface area (Å²) >= 11 is 0. The fourth-order valence-electron chi connectivity index (χ4n) is 5.53. The molecular formula is C36H35N5O4S. The van der Waals surface area contributed by atoms with Crippen LogP contribution in [-0.4, -0.2) is 44.1 Å². The van der Waals surface area contributed by atoms with Gasteiger partial charge in [-0.05, 0) is 64.4 Å². The zero-order valence-electron chi connectivity index (χ0n) is 25.5. The molecule has 0 amide bonds. The maximum atomic E-state index is 13.6. The van der Waals surface area contributed by atoms with Crippen LogP contribution in [-0.2, 0) is 33.6 Å². The Hall–Kier alpha value is -5.19. The van der Waals surface area contributed by atoms with Gasteiger partial charge < -0.3 is 19.9 Å². The van der Waals surface area contributed by atoms with Crippen molar-refractivity contribution < 1.29 is 17.9 Å². The fraction of sp³-hybridized carbons (Fsp3) is 0.167. The molecule has 0 unspecified atom stereocenters. The van der Waals surface area contributed by atoms with E-state index in [-0.39, 0.29) is 25.4 Å². The summed E-state index contributed by atoms with van der Waals surface area (Å²) < 4.78 is 36.7. The van der Waals surface area contributed by atoms with Crippen LogP contribution < -0.4 is 15.4 Å². The number of hydrogen-bond acceptors (Lipinski definition) is 7. The Morgan fingerprint density at radius 1 is 0.891 bits per heavy atom. The number of anilines is 2. The van der Waals surface area contributed by atoms with Crippen LogP contribution in [0, 0.1) is 0 Å². The lowest BCUT2D eigenvalue weighted by atomic mass is 10.0. The van der Waals surface area contributed by atoms with E-state index in [0.717, 1.165) is 27.4 Å². The molecule has 0 saturated carbocycles. The minimum atomic E-state index is -3.70. The molecule has 0 atom stereocenters. The minimum Gasteiger partial charge on any atom is -0.459 e. The van der Waals surface area contributed by atoms with Crippen molar-refractivity contribution in [1.82, 2.24) is 9.55 Å². The van der Waals surface area contributed by atoms with E-state index in [1.54, 1.807) is 18.2 Å². The number of aromatic nitrogens is 2. The van der Waals surface area contributed by atoms with Gasteiger partial charge >= 0.3 is 5.97 Å². The van der Waals surface area contributed by atoms with E-state index in [4.69, 9.17) is 15.5 Å². The van der Waals surface area contributed by atoms with Crippen LogP contribution in [0.1, 0.15) is 27.3 Å². The Labute approximate surface area is 268 Å². The zero-order valence-corrected chi connectivity index (χ0v) is 26.3. The summed E-state index contributed by atoms with van der Waals surface area (Å²) in [4.78, 5) is 20.4.